The van der Waals surface area contributed by atoms with Gasteiger partial charge in [0, 0.05) is 43.2 Å². The zero-order chi connectivity index (χ0) is 22.7. The van der Waals surface area contributed by atoms with Crippen LogP contribution in [-0.2, 0) is 16.1 Å². The first-order valence-electron chi connectivity index (χ1n) is 10.0. The molecule has 1 fully saturated rings. The maximum atomic E-state index is 13.0. The number of aliphatic hydroxyl groups excluding tert-OH is 1. The van der Waals surface area contributed by atoms with Gasteiger partial charge in [0.15, 0.2) is 0 Å². The SMILES string of the molecule is O=C1C(=O)N(CCCn2ccnc2)[C@H](c2cccc([N+](=O)[O-])c2)/C1=C(\O)c1ccccc1. The van der Waals surface area contributed by atoms with Crippen molar-refractivity contribution in [3.63, 3.8) is 0 Å². The minimum atomic E-state index is -0.933. The smallest absolute Gasteiger partial charge is 0.295 e. The van der Waals surface area contributed by atoms with Crippen molar-refractivity contribution >= 4 is 23.1 Å². The molecule has 1 amide bonds. The maximum Gasteiger partial charge on any atom is 0.295 e. The number of nitrogens with zero attached hydrogens (tertiary/aromatic N) is 4. The third-order valence-corrected chi connectivity index (χ3v) is 5.36. The molecule has 0 aliphatic carbocycles. The number of aromatic nitrogens is 2. The monoisotopic (exact) mass is 432 g/mol. The lowest BCUT2D eigenvalue weighted by molar-refractivity contribution is -0.384. The van der Waals surface area contributed by atoms with Crippen LogP contribution in [0.25, 0.3) is 5.76 Å². The molecule has 2 heterocycles. The lowest BCUT2D eigenvalue weighted by Crippen LogP contribution is -2.31. The van der Waals surface area contributed by atoms with Crippen LogP contribution < -0.4 is 0 Å². The van der Waals surface area contributed by atoms with Crippen LogP contribution in [0.15, 0.2) is 78.9 Å². The van der Waals surface area contributed by atoms with Gasteiger partial charge in [-0.15, -0.1) is 0 Å². The highest BCUT2D eigenvalue weighted by Gasteiger charge is 2.46. The van der Waals surface area contributed by atoms with Crippen molar-refractivity contribution in [3.8, 4) is 0 Å². The molecule has 162 valence electrons. The number of benzene rings is 2. The quantitative estimate of drug-likeness (QED) is 0.201. The van der Waals surface area contributed by atoms with Crippen LogP contribution in [-0.4, -0.2) is 42.7 Å². The van der Waals surface area contributed by atoms with E-state index < -0.39 is 22.7 Å². The molecule has 1 aliphatic rings. The van der Waals surface area contributed by atoms with Gasteiger partial charge in [0.2, 0.25) is 0 Å². The molecule has 1 saturated heterocycles. The summed E-state index contributed by atoms with van der Waals surface area (Å²) in [6.07, 6.45) is 5.62. The van der Waals surface area contributed by atoms with Gasteiger partial charge in [-0.3, -0.25) is 19.7 Å². The molecule has 9 nitrogen and oxygen atoms in total. The summed E-state index contributed by atoms with van der Waals surface area (Å²) in [6.45, 7) is 0.797. The minimum Gasteiger partial charge on any atom is -0.507 e. The number of Topliss-reactive ketones (excluding diaryl/α,β-unsaturated/α-hetero) is 1. The molecule has 0 radical (unpaired) electrons. The normalized spacial score (nSPS) is 17.6. The highest BCUT2D eigenvalue weighted by molar-refractivity contribution is 6.46. The van der Waals surface area contributed by atoms with Gasteiger partial charge < -0.3 is 14.6 Å². The van der Waals surface area contributed by atoms with E-state index in [1.54, 1.807) is 55.1 Å². The first kappa shape index (κ1) is 21.0. The fourth-order valence-electron chi connectivity index (χ4n) is 3.86. The average molecular weight is 432 g/mol. The number of likely N-dealkylation sites (tertiary alicyclic amines) is 1. The third-order valence-electron chi connectivity index (χ3n) is 5.36. The average Bonchev–Trinajstić information content (AvgIpc) is 3.41. The Morgan fingerprint density at radius 3 is 2.56 bits per heavy atom. The number of aliphatic hydroxyl groups is 1. The maximum absolute atomic E-state index is 13.0. The second-order valence-electron chi connectivity index (χ2n) is 7.36. The Labute approximate surface area is 183 Å². The fourth-order valence-corrected chi connectivity index (χ4v) is 3.86. The molecule has 0 unspecified atom stereocenters. The van der Waals surface area contributed by atoms with Crippen molar-refractivity contribution in [1.29, 1.82) is 0 Å². The molecule has 3 aromatic rings. The Bertz CT molecular complexity index is 1190. The number of nitro groups is 1. The Morgan fingerprint density at radius 1 is 1.09 bits per heavy atom. The van der Waals surface area contributed by atoms with Crippen molar-refractivity contribution in [1.82, 2.24) is 14.5 Å². The van der Waals surface area contributed by atoms with Gasteiger partial charge in [-0.25, -0.2) is 4.98 Å². The van der Waals surface area contributed by atoms with Crippen molar-refractivity contribution < 1.29 is 19.6 Å². The molecule has 9 heteroatoms. The highest BCUT2D eigenvalue weighted by Crippen LogP contribution is 2.40. The summed E-state index contributed by atoms with van der Waals surface area (Å²) < 4.78 is 1.85. The second-order valence-corrected chi connectivity index (χ2v) is 7.36. The predicted octanol–water partition coefficient (Wildman–Crippen LogP) is 3.30. The van der Waals surface area contributed by atoms with Crippen LogP contribution in [0.3, 0.4) is 0 Å². The largest absolute Gasteiger partial charge is 0.507 e. The van der Waals surface area contributed by atoms with Crippen molar-refractivity contribution in [3.05, 3.63) is 100 Å². The van der Waals surface area contributed by atoms with E-state index in [1.165, 1.54) is 23.1 Å². The fraction of sp³-hybridized carbons (Fsp3) is 0.174. The summed E-state index contributed by atoms with van der Waals surface area (Å²) >= 11 is 0. The molecule has 1 atom stereocenters. The Hall–Kier alpha value is -4.27. The Balaban J connectivity index is 1.76. The number of rotatable bonds is 7. The first-order valence-corrected chi connectivity index (χ1v) is 10.0. The van der Waals surface area contributed by atoms with Gasteiger partial charge >= 0.3 is 0 Å². The number of imidazole rings is 1. The van der Waals surface area contributed by atoms with Gasteiger partial charge in [-0.05, 0) is 12.0 Å². The number of non-ortho nitro benzene ring substituents is 1. The zero-order valence-electron chi connectivity index (χ0n) is 17.0. The number of aryl methyl sites for hydroxylation is 1. The predicted molar refractivity (Wildman–Crippen MR) is 115 cm³/mol. The topological polar surface area (TPSA) is 119 Å². The van der Waals surface area contributed by atoms with Gasteiger partial charge in [0.25, 0.3) is 17.4 Å². The number of amides is 1. The van der Waals surface area contributed by atoms with E-state index in [2.05, 4.69) is 4.98 Å². The van der Waals surface area contributed by atoms with Gasteiger partial charge in [-0.1, -0.05) is 42.5 Å². The summed E-state index contributed by atoms with van der Waals surface area (Å²) in [4.78, 5) is 42.0. The molecule has 1 N–H and O–H groups in total. The zero-order valence-corrected chi connectivity index (χ0v) is 17.0. The second kappa shape index (κ2) is 8.84. The first-order chi connectivity index (χ1) is 15.5. The summed E-state index contributed by atoms with van der Waals surface area (Å²) in [5.41, 5.74) is 0.536. The van der Waals surface area contributed by atoms with Gasteiger partial charge in [-0.2, -0.15) is 0 Å². The standard InChI is InChI=1S/C23H20N4O5/c28-21(16-6-2-1-3-7-16)19-20(17-8-4-9-18(14-17)27(31)32)26(23(30)22(19)29)12-5-11-25-13-10-24-15-25/h1-4,6-10,13-15,20,28H,5,11-12H2/b21-19+/t20-/m1/s1. The van der Waals surface area contributed by atoms with E-state index in [0.717, 1.165) is 0 Å². The van der Waals surface area contributed by atoms with Crippen LogP contribution in [0, 0.1) is 10.1 Å². The van der Waals surface area contributed by atoms with E-state index in [1.807, 2.05) is 4.57 Å². The summed E-state index contributed by atoms with van der Waals surface area (Å²) in [6, 6.07) is 13.3. The van der Waals surface area contributed by atoms with E-state index in [9.17, 15) is 24.8 Å². The van der Waals surface area contributed by atoms with Crippen molar-refractivity contribution in [2.45, 2.75) is 19.0 Å². The van der Waals surface area contributed by atoms with Gasteiger partial charge in [0.05, 0.1) is 22.9 Å². The molecule has 1 aliphatic heterocycles. The van der Waals surface area contributed by atoms with E-state index in [-0.39, 0.29) is 23.6 Å². The molecule has 32 heavy (non-hydrogen) atoms. The van der Waals surface area contributed by atoms with Crippen molar-refractivity contribution in [2.75, 3.05) is 6.54 Å². The summed E-state index contributed by atoms with van der Waals surface area (Å²) in [5, 5.41) is 22.3. The number of carbonyl (C=O) groups is 2. The summed E-state index contributed by atoms with van der Waals surface area (Å²) in [5.74, 6) is -1.87. The van der Waals surface area contributed by atoms with E-state index in [0.29, 0.717) is 24.1 Å². The molecular weight excluding hydrogens is 412 g/mol. The molecule has 1 aromatic heterocycles. The summed E-state index contributed by atoms with van der Waals surface area (Å²) in [7, 11) is 0. The molecule has 0 saturated carbocycles. The van der Waals surface area contributed by atoms with Crippen LogP contribution in [0.1, 0.15) is 23.6 Å². The molecule has 2 aromatic carbocycles. The van der Waals surface area contributed by atoms with Crippen molar-refractivity contribution in [2.24, 2.45) is 0 Å². The molecule has 0 spiro atoms. The molecule has 4 rings (SSSR count). The van der Waals surface area contributed by atoms with E-state index >= 15 is 0 Å². The lowest BCUT2D eigenvalue weighted by atomic mass is 9.95. The lowest BCUT2D eigenvalue weighted by Gasteiger charge is -2.25. The van der Waals surface area contributed by atoms with Gasteiger partial charge in [0.1, 0.15) is 5.76 Å². The van der Waals surface area contributed by atoms with Crippen LogP contribution in [0.2, 0.25) is 0 Å². The number of nitro benzene ring substituents is 1. The minimum absolute atomic E-state index is 0.0793. The number of carbonyl (C=O) groups excluding carboxylic acids is 2. The number of hydrogen-bond acceptors (Lipinski definition) is 6. The molecular formula is C23H20N4O5. The number of ketones is 1. The number of hydrogen-bond donors (Lipinski definition) is 1. The third kappa shape index (κ3) is 4.00. The Kier molecular flexibility index (Phi) is 5.80. The van der Waals surface area contributed by atoms with Crippen LogP contribution in [0.4, 0.5) is 5.69 Å². The van der Waals surface area contributed by atoms with E-state index in [4.69, 9.17) is 0 Å². The molecule has 0 bridgehead atoms. The Morgan fingerprint density at radius 2 is 1.88 bits per heavy atom. The van der Waals surface area contributed by atoms with Crippen LogP contribution in [0.5, 0.6) is 0 Å². The van der Waals surface area contributed by atoms with Crippen LogP contribution >= 0.6 is 0 Å². The highest BCUT2D eigenvalue weighted by atomic mass is 16.6.